The molecule has 0 atom stereocenters. The highest BCUT2D eigenvalue weighted by atomic mass is 32.1. The summed E-state index contributed by atoms with van der Waals surface area (Å²) in [7, 11) is 0. The average molecular weight is 391 g/mol. The number of rotatable bonds is 4. The van der Waals surface area contributed by atoms with Crippen LogP contribution in [0.25, 0.3) is 10.6 Å². The maximum absolute atomic E-state index is 4.86. The summed E-state index contributed by atoms with van der Waals surface area (Å²) in [6, 6.07) is 18.2. The number of hydrogen-bond donors (Lipinski definition) is 0. The molecule has 3 heterocycles. The molecule has 0 spiro atoms. The number of benzene rings is 1. The molecule has 1 aromatic carbocycles. The van der Waals surface area contributed by atoms with E-state index in [-0.39, 0.29) is 0 Å². The van der Waals surface area contributed by atoms with Gasteiger partial charge in [-0.15, -0.1) is 22.7 Å². The van der Waals surface area contributed by atoms with Crippen LogP contribution in [-0.4, -0.2) is 15.4 Å². The van der Waals surface area contributed by atoms with Crippen molar-refractivity contribution in [3.05, 3.63) is 87.6 Å². The average Bonchev–Trinajstić information content (AvgIpc) is 3.33. The summed E-state index contributed by atoms with van der Waals surface area (Å²) in [6.07, 6.45) is 1.78. The first-order chi connectivity index (χ1) is 13.2. The highest BCUT2D eigenvalue weighted by Crippen LogP contribution is 2.25. The highest BCUT2D eigenvalue weighted by molar-refractivity contribution is 7.14. The predicted octanol–water partition coefficient (Wildman–Crippen LogP) is 5.49. The van der Waals surface area contributed by atoms with Crippen LogP contribution in [0.1, 0.15) is 18.2 Å². The molecule has 27 heavy (non-hydrogen) atoms. The van der Waals surface area contributed by atoms with Crippen LogP contribution >= 0.6 is 22.7 Å². The first-order valence-corrected chi connectivity index (χ1v) is 10.3. The van der Waals surface area contributed by atoms with E-state index in [1.54, 1.807) is 28.9 Å². The topological polar surface area (TPSA) is 42.5 Å². The van der Waals surface area contributed by atoms with Crippen molar-refractivity contribution < 1.29 is 0 Å². The third kappa shape index (κ3) is 3.97. The fourth-order valence-corrected chi connectivity index (χ4v) is 4.30. The zero-order valence-corrected chi connectivity index (χ0v) is 16.7. The smallest absolute Gasteiger partial charge is 0.211 e. The lowest BCUT2D eigenvalue weighted by Gasteiger charge is -2.04. The molecule has 0 saturated carbocycles. The van der Waals surface area contributed by atoms with Crippen LogP contribution in [0.2, 0.25) is 0 Å². The standard InChI is InChI=1S/C21H18N4S2/c1-15-7-5-8-17(13-15)23-21-25(19(14-27-21)20-10-6-12-26-20)24-16(2)18-9-3-4-11-22-18/h3-14H,1-2H3. The SMILES string of the molecule is CC(=Nn1c(-c2cccs2)csc1=Nc1cccc(C)c1)c1ccccn1. The fraction of sp³-hybridized carbons (Fsp3) is 0.0952. The van der Waals surface area contributed by atoms with Crippen LogP contribution < -0.4 is 4.80 Å². The van der Waals surface area contributed by atoms with E-state index in [1.807, 2.05) is 41.9 Å². The summed E-state index contributed by atoms with van der Waals surface area (Å²) in [5, 5.41) is 9.04. The van der Waals surface area contributed by atoms with Gasteiger partial charge in [0.2, 0.25) is 4.80 Å². The van der Waals surface area contributed by atoms with Crippen LogP contribution in [0.3, 0.4) is 0 Å². The Balaban J connectivity index is 1.88. The van der Waals surface area contributed by atoms with E-state index < -0.39 is 0 Å². The Morgan fingerprint density at radius 2 is 1.96 bits per heavy atom. The number of thiazole rings is 1. The van der Waals surface area contributed by atoms with Gasteiger partial charge in [0.05, 0.1) is 27.7 Å². The maximum Gasteiger partial charge on any atom is 0.211 e. The van der Waals surface area contributed by atoms with Gasteiger partial charge in [-0.25, -0.2) is 9.67 Å². The molecule has 0 N–H and O–H groups in total. The summed E-state index contributed by atoms with van der Waals surface area (Å²) in [5.74, 6) is 0. The van der Waals surface area contributed by atoms with Crippen LogP contribution in [0, 0.1) is 6.92 Å². The van der Waals surface area contributed by atoms with E-state index >= 15 is 0 Å². The Kier molecular flexibility index (Phi) is 5.09. The van der Waals surface area contributed by atoms with Crippen molar-refractivity contribution in [2.24, 2.45) is 10.1 Å². The molecule has 0 unspecified atom stereocenters. The molecular formula is C21H18N4S2. The number of pyridine rings is 1. The molecule has 4 nitrogen and oxygen atoms in total. The molecule has 3 aromatic heterocycles. The lowest BCUT2D eigenvalue weighted by Crippen LogP contribution is -2.14. The fourth-order valence-electron chi connectivity index (χ4n) is 2.65. The van der Waals surface area contributed by atoms with Crippen LogP contribution in [-0.2, 0) is 0 Å². The van der Waals surface area contributed by atoms with E-state index in [9.17, 15) is 0 Å². The first kappa shape index (κ1) is 17.6. The summed E-state index contributed by atoms with van der Waals surface area (Å²) < 4.78 is 1.92. The maximum atomic E-state index is 4.86. The first-order valence-electron chi connectivity index (χ1n) is 8.53. The van der Waals surface area contributed by atoms with E-state index in [2.05, 4.69) is 46.9 Å². The van der Waals surface area contributed by atoms with Crippen molar-refractivity contribution in [1.29, 1.82) is 0 Å². The van der Waals surface area contributed by atoms with Gasteiger partial charge in [0, 0.05) is 11.6 Å². The normalized spacial score (nSPS) is 12.5. The number of aromatic nitrogens is 2. The number of thiophene rings is 1. The molecule has 4 aromatic rings. The molecule has 0 radical (unpaired) electrons. The minimum absolute atomic E-state index is 0.833. The number of nitrogens with zero attached hydrogens (tertiary/aromatic N) is 4. The van der Waals surface area contributed by atoms with E-state index in [0.717, 1.165) is 32.5 Å². The molecule has 0 saturated heterocycles. The van der Waals surface area contributed by atoms with Crippen molar-refractivity contribution in [2.75, 3.05) is 0 Å². The third-order valence-electron chi connectivity index (χ3n) is 3.97. The number of aryl methyl sites for hydroxylation is 1. The molecule has 134 valence electrons. The van der Waals surface area contributed by atoms with Crippen LogP contribution in [0.15, 0.2) is 81.6 Å². The molecule has 0 fully saturated rings. The van der Waals surface area contributed by atoms with Gasteiger partial charge >= 0.3 is 0 Å². The van der Waals surface area contributed by atoms with Crippen molar-refractivity contribution in [1.82, 2.24) is 9.66 Å². The summed E-state index contributed by atoms with van der Waals surface area (Å²) in [5.41, 5.74) is 4.85. The molecule has 0 amide bonds. The molecule has 0 aliphatic rings. The summed E-state index contributed by atoms with van der Waals surface area (Å²) in [4.78, 5) is 11.2. The Morgan fingerprint density at radius 1 is 1.04 bits per heavy atom. The monoisotopic (exact) mass is 390 g/mol. The van der Waals surface area contributed by atoms with Gasteiger partial charge in [-0.2, -0.15) is 5.10 Å². The van der Waals surface area contributed by atoms with Gasteiger partial charge < -0.3 is 0 Å². The van der Waals surface area contributed by atoms with Gasteiger partial charge in [-0.3, -0.25) is 4.98 Å². The minimum atomic E-state index is 0.833. The zero-order chi connectivity index (χ0) is 18.6. The molecule has 4 rings (SSSR count). The number of hydrogen-bond acceptors (Lipinski definition) is 5. The molecule has 0 aliphatic carbocycles. The largest absolute Gasteiger partial charge is 0.255 e. The second kappa shape index (κ2) is 7.82. The van der Waals surface area contributed by atoms with Crippen LogP contribution in [0.5, 0.6) is 0 Å². The quantitative estimate of drug-likeness (QED) is 0.425. The molecular weight excluding hydrogens is 372 g/mol. The second-order valence-corrected chi connectivity index (χ2v) is 7.83. The lowest BCUT2D eigenvalue weighted by molar-refractivity contribution is 0.848. The lowest BCUT2D eigenvalue weighted by atomic mass is 10.2. The van der Waals surface area contributed by atoms with Gasteiger partial charge in [-0.1, -0.05) is 24.3 Å². The van der Waals surface area contributed by atoms with Gasteiger partial charge in [0.25, 0.3) is 0 Å². The Hall–Kier alpha value is -2.83. The third-order valence-corrected chi connectivity index (χ3v) is 5.68. The molecule has 0 bridgehead atoms. The Bertz CT molecular complexity index is 1140. The van der Waals surface area contributed by atoms with Crippen molar-refractivity contribution in [2.45, 2.75) is 13.8 Å². The van der Waals surface area contributed by atoms with Crippen molar-refractivity contribution >= 4 is 34.1 Å². The summed E-state index contributed by atoms with van der Waals surface area (Å²) >= 11 is 3.28. The Labute approximate surface area is 165 Å². The van der Waals surface area contributed by atoms with Gasteiger partial charge in [0.15, 0.2) is 0 Å². The van der Waals surface area contributed by atoms with Gasteiger partial charge in [0.1, 0.15) is 0 Å². The predicted molar refractivity (Wildman–Crippen MR) is 114 cm³/mol. The van der Waals surface area contributed by atoms with Gasteiger partial charge in [-0.05, 0) is 55.1 Å². The van der Waals surface area contributed by atoms with E-state index in [0.29, 0.717) is 0 Å². The molecule has 0 aliphatic heterocycles. The summed E-state index contributed by atoms with van der Waals surface area (Å²) in [6.45, 7) is 4.05. The minimum Gasteiger partial charge on any atom is -0.255 e. The zero-order valence-electron chi connectivity index (χ0n) is 15.0. The second-order valence-electron chi connectivity index (χ2n) is 6.04. The Morgan fingerprint density at radius 3 is 2.70 bits per heavy atom. The van der Waals surface area contributed by atoms with Crippen molar-refractivity contribution in [3.8, 4) is 10.6 Å². The van der Waals surface area contributed by atoms with E-state index in [1.165, 1.54) is 5.56 Å². The highest BCUT2D eigenvalue weighted by Gasteiger charge is 2.10. The molecule has 6 heteroatoms. The van der Waals surface area contributed by atoms with E-state index in [4.69, 9.17) is 10.1 Å². The van der Waals surface area contributed by atoms with Crippen molar-refractivity contribution in [3.63, 3.8) is 0 Å². The van der Waals surface area contributed by atoms with Crippen LogP contribution in [0.4, 0.5) is 5.69 Å².